The highest BCUT2D eigenvalue weighted by molar-refractivity contribution is 5.58. The summed E-state index contributed by atoms with van der Waals surface area (Å²) in [5, 5.41) is 0. The highest BCUT2D eigenvalue weighted by atomic mass is 15.0. The van der Waals surface area contributed by atoms with E-state index in [2.05, 4.69) is 16.2 Å². The lowest BCUT2D eigenvalue weighted by Gasteiger charge is -1.92. The maximum absolute atomic E-state index is 5.49. The van der Waals surface area contributed by atoms with Crippen LogP contribution in [0.25, 0.3) is 5.65 Å². The van der Waals surface area contributed by atoms with Crippen LogP contribution in [-0.2, 0) is 0 Å². The van der Waals surface area contributed by atoms with Gasteiger partial charge in [-0.25, -0.2) is 9.97 Å². The maximum atomic E-state index is 5.49. The fourth-order valence-corrected chi connectivity index (χ4v) is 0.817. The molecular formula is C6H5N4. The quantitative estimate of drug-likeness (QED) is 0.555. The lowest BCUT2D eigenvalue weighted by molar-refractivity contribution is 1.13. The fourth-order valence-electron chi connectivity index (χ4n) is 0.817. The molecule has 0 saturated carbocycles. The van der Waals surface area contributed by atoms with E-state index in [-0.39, 0.29) is 0 Å². The van der Waals surface area contributed by atoms with Crippen molar-refractivity contribution >= 4 is 11.5 Å². The Kier molecular flexibility index (Phi) is 0.887. The van der Waals surface area contributed by atoms with Gasteiger partial charge in [-0.05, 0) is 0 Å². The van der Waals surface area contributed by atoms with Crippen molar-refractivity contribution in [1.29, 1.82) is 0 Å². The predicted octanol–water partition coefficient (Wildman–Crippen LogP) is 0.112. The molecule has 0 fully saturated rings. The highest BCUT2D eigenvalue weighted by Gasteiger charge is 1.96. The van der Waals surface area contributed by atoms with E-state index in [1.807, 2.05) is 0 Å². The monoisotopic (exact) mass is 133 g/mol. The van der Waals surface area contributed by atoms with E-state index < -0.39 is 0 Å². The van der Waals surface area contributed by atoms with E-state index in [1.54, 1.807) is 23.0 Å². The van der Waals surface area contributed by atoms with Gasteiger partial charge in [0, 0.05) is 18.6 Å². The van der Waals surface area contributed by atoms with Gasteiger partial charge < -0.3 is 10.1 Å². The second-order valence-corrected chi connectivity index (χ2v) is 1.91. The zero-order valence-electron chi connectivity index (χ0n) is 5.15. The lowest BCUT2D eigenvalue weighted by atomic mass is 10.6. The number of aromatic nitrogens is 3. The van der Waals surface area contributed by atoms with Crippen LogP contribution in [0.2, 0.25) is 0 Å². The number of nitrogens with zero attached hydrogens (tertiary/aromatic N) is 3. The third-order valence-electron chi connectivity index (χ3n) is 1.28. The molecule has 0 aliphatic rings. The van der Waals surface area contributed by atoms with Crippen molar-refractivity contribution in [3.05, 3.63) is 24.8 Å². The van der Waals surface area contributed by atoms with Crippen LogP contribution in [0.3, 0.4) is 0 Å². The molecule has 0 aliphatic heterocycles. The van der Waals surface area contributed by atoms with Gasteiger partial charge in [0.25, 0.3) is 0 Å². The molecule has 0 spiro atoms. The Bertz CT molecular complexity index is 351. The van der Waals surface area contributed by atoms with Crippen LogP contribution in [0.15, 0.2) is 18.6 Å². The number of nitrogen functional groups attached to an aromatic ring is 1. The number of imidazole rings is 1. The molecule has 4 heteroatoms. The summed E-state index contributed by atoms with van der Waals surface area (Å²) in [4.78, 5) is 7.72. The zero-order valence-corrected chi connectivity index (χ0v) is 5.15. The average molecular weight is 133 g/mol. The van der Waals surface area contributed by atoms with Crippen LogP contribution in [0, 0.1) is 6.20 Å². The first kappa shape index (κ1) is 5.22. The van der Waals surface area contributed by atoms with E-state index in [0.29, 0.717) is 11.5 Å². The van der Waals surface area contributed by atoms with Crippen LogP contribution in [-0.4, -0.2) is 14.4 Å². The number of nitrogens with two attached hydrogens (primary N) is 1. The van der Waals surface area contributed by atoms with E-state index in [9.17, 15) is 0 Å². The van der Waals surface area contributed by atoms with Gasteiger partial charge in [-0.15, -0.1) is 0 Å². The first-order valence-electron chi connectivity index (χ1n) is 2.83. The lowest BCUT2D eigenvalue weighted by Crippen LogP contribution is -1.94. The Morgan fingerprint density at radius 3 is 3.30 bits per heavy atom. The van der Waals surface area contributed by atoms with Gasteiger partial charge in [0.15, 0.2) is 11.5 Å². The zero-order chi connectivity index (χ0) is 6.97. The first-order chi connectivity index (χ1) is 4.88. The van der Waals surface area contributed by atoms with Crippen molar-refractivity contribution in [2.45, 2.75) is 0 Å². The number of anilines is 1. The molecule has 2 heterocycles. The standard InChI is InChI=1S/C6H5N4/c7-5-6-9-2-4-10(6)3-1-8-5/h1,3-4H,(H2,7,8). The maximum Gasteiger partial charge on any atom is 0.180 e. The molecule has 2 aromatic rings. The Morgan fingerprint density at radius 2 is 2.50 bits per heavy atom. The van der Waals surface area contributed by atoms with Crippen molar-refractivity contribution in [3.63, 3.8) is 0 Å². The van der Waals surface area contributed by atoms with Crippen LogP contribution in [0.1, 0.15) is 0 Å². The van der Waals surface area contributed by atoms with Gasteiger partial charge in [-0.3, -0.25) is 0 Å². The molecule has 0 bridgehead atoms. The molecule has 0 amide bonds. The predicted molar refractivity (Wildman–Crippen MR) is 36.2 cm³/mol. The van der Waals surface area contributed by atoms with Crippen LogP contribution in [0.4, 0.5) is 5.82 Å². The summed E-state index contributed by atoms with van der Waals surface area (Å²) >= 11 is 0. The normalized spacial score (nSPS) is 10.4. The number of fused-ring (bicyclic) bond motifs is 1. The van der Waals surface area contributed by atoms with E-state index in [0.717, 1.165) is 0 Å². The van der Waals surface area contributed by atoms with Crippen LogP contribution < -0.4 is 5.73 Å². The summed E-state index contributed by atoms with van der Waals surface area (Å²) in [7, 11) is 0. The SMILES string of the molecule is Nc1nccn2c[c]nc12. The summed E-state index contributed by atoms with van der Waals surface area (Å²) in [6, 6.07) is 0. The summed E-state index contributed by atoms with van der Waals surface area (Å²) < 4.78 is 1.77. The van der Waals surface area contributed by atoms with Crippen LogP contribution in [0.5, 0.6) is 0 Å². The molecule has 1 radical (unpaired) electrons. The van der Waals surface area contributed by atoms with E-state index >= 15 is 0 Å². The van der Waals surface area contributed by atoms with Crippen LogP contribution >= 0.6 is 0 Å². The Balaban J connectivity index is 2.95. The molecule has 0 atom stereocenters. The van der Waals surface area contributed by atoms with Crippen molar-refractivity contribution in [2.24, 2.45) is 0 Å². The van der Waals surface area contributed by atoms with Gasteiger partial charge in [0.1, 0.15) is 6.20 Å². The van der Waals surface area contributed by atoms with Gasteiger partial charge >= 0.3 is 0 Å². The third-order valence-corrected chi connectivity index (χ3v) is 1.28. The second-order valence-electron chi connectivity index (χ2n) is 1.91. The molecule has 2 rings (SSSR count). The van der Waals surface area contributed by atoms with Crippen molar-refractivity contribution in [1.82, 2.24) is 14.4 Å². The summed E-state index contributed by atoms with van der Waals surface area (Å²) in [5.41, 5.74) is 6.14. The van der Waals surface area contributed by atoms with Crippen molar-refractivity contribution in [2.75, 3.05) is 5.73 Å². The first-order valence-corrected chi connectivity index (χ1v) is 2.83. The number of rotatable bonds is 0. The molecule has 2 aromatic heterocycles. The molecule has 0 aromatic carbocycles. The molecule has 0 saturated heterocycles. The van der Waals surface area contributed by atoms with Gasteiger partial charge in [0.2, 0.25) is 0 Å². The summed E-state index contributed by atoms with van der Waals surface area (Å²) in [5.74, 6) is 0.434. The highest BCUT2D eigenvalue weighted by Crippen LogP contribution is 2.04. The second kappa shape index (κ2) is 1.70. The number of hydrogen-bond acceptors (Lipinski definition) is 3. The molecular weight excluding hydrogens is 128 g/mol. The summed E-state index contributed by atoms with van der Waals surface area (Å²) in [6.45, 7) is 0. The molecule has 2 N–H and O–H groups in total. The van der Waals surface area contributed by atoms with Gasteiger partial charge in [-0.2, -0.15) is 0 Å². The van der Waals surface area contributed by atoms with Gasteiger partial charge in [-0.1, -0.05) is 0 Å². The molecule has 0 aliphatic carbocycles. The largest absolute Gasteiger partial charge is 0.381 e. The average Bonchev–Trinajstić information content (AvgIpc) is 2.36. The number of hydrogen-bond donors (Lipinski definition) is 1. The molecule has 49 valence electrons. The van der Waals surface area contributed by atoms with Gasteiger partial charge in [0.05, 0.1) is 0 Å². The minimum atomic E-state index is 0.434. The molecule has 4 nitrogen and oxygen atoms in total. The smallest absolute Gasteiger partial charge is 0.180 e. The topological polar surface area (TPSA) is 56.2 Å². The summed E-state index contributed by atoms with van der Waals surface area (Å²) in [6.07, 6.45) is 7.77. The Morgan fingerprint density at radius 1 is 1.60 bits per heavy atom. The Hall–Kier alpha value is -1.58. The minimum Gasteiger partial charge on any atom is -0.381 e. The molecule has 0 unspecified atom stereocenters. The molecule has 10 heavy (non-hydrogen) atoms. The van der Waals surface area contributed by atoms with E-state index in [4.69, 9.17) is 5.73 Å². The van der Waals surface area contributed by atoms with E-state index in [1.165, 1.54) is 0 Å². The third kappa shape index (κ3) is 0.556. The minimum absolute atomic E-state index is 0.434. The van der Waals surface area contributed by atoms with Crippen molar-refractivity contribution in [3.8, 4) is 0 Å². The fraction of sp³-hybridized carbons (Fsp3) is 0. The van der Waals surface area contributed by atoms with Crippen molar-refractivity contribution < 1.29 is 0 Å². The Labute approximate surface area is 57.3 Å².